The Kier molecular flexibility index (Phi) is 4.80. The SMILES string of the molecule is N#CCS(=O)(=O)CCCOc1ccccc1. The van der Waals surface area contributed by atoms with Gasteiger partial charge in [-0.25, -0.2) is 8.42 Å². The fourth-order valence-corrected chi connectivity index (χ4v) is 2.05. The molecule has 0 amide bonds. The van der Waals surface area contributed by atoms with Crippen LogP contribution in [-0.4, -0.2) is 26.5 Å². The molecule has 0 aliphatic rings. The van der Waals surface area contributed by atoms with Crippen molar-refractivity contribution >= 4 is 9.84 Å². The zero-order valence-corrected chi connectivity index (χ0v) is 9.61. The van der Waals surface area contributed by atoms with Crippen molar-refractivity contribution in [3.8, 4) is 11.8 Å². The molecule has 0 aliphatic carbocycles. The zero-order chi connectivity index (χ0) is 11.9. The van der Waals surface area contributed by atoms with E-state index in [-0.39, 0.29) is 5.75 Å². The highest BCUT2D eigenvalue weighted by Crippen LogP contribution is 2.08. The standard InChI is InChI=1S/C11H13NO3S/c12-7-10-16(13,14)9-4-8-15-11-5-2-1-3-6-11/h1-3,5-6H,4,8-10H2. The van der Waals surface area contributed by atoms with Gasteiger partial charge in [-0.2, -0.15) is 5.26 Å². The first-order valence-corrected chi connectivity index (χ1v) is 6.71. The lowest BCUT2D eigenvalue weighted by atomic mass is 10.3. The largest absolute Gasteiger partial charge is 0.494 e. The van der Waals surface area contributed by atoms with Gasteiger partial charge >= 0.3 is 0 Å². The van der Waals surface area contributed by atoms with Crippen LogP contribution in [0.4, 0.5) is 0 Å². The maximum Gasteiger partial charge on any atom is 0.163 e. The van der Waals surface area contributed by atoms with Gasteiger partial charge in [0, 0.05) is 0 Å². The van der Waals surface area contributed by atoms with Gasteiger partial charge in [-0.3, -0.25) is 0 Å². The fraction of sp³-hybridized carbons (Fsp3) is 0.364. The summed E-state index contributed by atoms with van der Waals surface area (Å²) in [6.45, 7) is 0.342. The summed E-state index contributed by atoms with van der Waals surface area (Å²) >= 11 is 0. The normalized spacial score (nSPS) is 10.7. The maximum absolute atomic E-state index is 11.2. The summed E-state index contributed by atoms with van der Waals surface area (Å²) in [4.78, 5) is 0. The Hall–Kier alpha value is -1.54. The number of rotatable bonds is 6. The van der Waals surface area contributed by atoms with Crippen LogP contribution in [0.3, 0.4) is 0 Å². The molecule has 0 unspecified atom stereocenters. The first kappa shape index (κ1) is 12.5. The third kappa shape index (κ3) is 4.80. The second-order valence-electron chi connectivity index (χ2n) is 3.27. The number of nitrogens with zero attached hydrogens (tertiary/aromatic N) is 1. The predicted molar refractivity (Wildman–Crippen MR) is 60.8 cm³/mol. The average Bonchev–Trinajstić information content (AvgIpc) is 2.26. The van der Waals surface area contributed by atoms with Crippen molar-refractivity contribution < 1.29 is 13.2 Å². The topological polar surface area (TPSA) is 67.2 Å². The summed E-state index contributed by atoms with van der Waals surface area (Å²) in [5.41, 5.74) is 0. The Morgan fingerprint density at radius 2 is 1.94 bits per heavy atom. The Morgan fingerprint density at radius 3 is 2.56 bits per heavy atom. The second kappa shape index (κ2) is 6.13. The van der Waals surface area contributed by atoms with Gasteiger partial charge in [-0.1, -0.05) is 18.2 Å². The highest BCUT2D eigenvalue weighted by molar-refractivity contribution is 7.91. The van der Waals surface area contributed by atoms with Crippen LogP contribution < -0.4 is 4.74 Å². The number of benzene rings is 1. The summed E-state index contributed by atoms with van der Waals surface area (Å²) in [5.74, 6) is 0.298. The van der Waals surface area contributed by atoms with Gasteiger partial charge in [-0.05, 0) is 18.6 Å². The molecule has 0 bridgehead atoms. The minimum atomic E-state index is -3.23. The number of para-hydroxylation sites is 1. The van der Waals surface area contributed by atoms with Gasteiger partial charge in [0.2, 0.25) is 0 Å². The number of hydrogen-bond donors (Lipinski definition) is 0. The third-order valence-electron chi connectivity index (χ3n) is 1.90. The molecular weight excluding hydrogens is 226 g/mol. The summed E-state index contributed by atoms with van der Waals surface area (Å²) < 4.78 is 27.7. The lowest BCUT2D eigenvalue weighted by molar-refractivity contribution is 0.317. The number of sulfone groups is 1. The monoisotopic (exact) mass is 239 g/mol. The first-order chi connectivity index (χ1) is 7.64. The molecular formula is C11H13NO3S. The number of nitriles is 1. The van der Waals surface area contributed by atoms with Crippen LogP contribution in [0.15, 0.2) is 30.3 Å². The van der Waals surface area contributed by atoms with Gasteiger partial charge in [0.1, 0.15) is 11.5 Å². The molecule has 0 fully saturated rings. The van der Waals surface area contributed by atoms with E-state index in [9.17, 15) is 8.42 Å². The van der Waals surface area contributed by atoms with E-state index < -0.39 is 15.6 Å². The van der Waals surface area contributed by atoms with Gasteiger partial charge in [-0.15, -0.1) is 0 Å². The van der Waals surface area contributed by atoms with E-state index in [1.807, 2.05) is 30.3 Å². The molecule has 5 heteroatoms. The molecule has 0 saturated carbocycles. The molecule has 1 aromatic carbocycles. The summed E-state index contributed by atoms with van der Waals surface area (Å²) in [6, 6.07) is 10.8. The molecule has 1 rings (SSSR count). The third-order valence-corrected chi connectivity index (χ3v) is 3.38. The molecule has 0 saturated heterocycles. The van der Waals surface area contributed by atoms with Crippen LogP contribution in [0.1, 0.15) is 6.42 Å². The Labute approximate surface area is 95.4 Å². The lowest BCUT2D eigenvalue weighted by Crippen LogP contribution is -2.12. The molecule has 1 aromatic rings. The van der Waals surface area contributed by atoms with E-state index in [2.05, 4.69) is 0 Å². The zero-order valence-electron chi connectivity index (χ0n) is 8.80. The van der Waals surface area contributed by atoms with E-state index in [0.717, 1.165) is 5.75 Å². The second-order valence-corrected chi connectivity index (χ2v) is 5.45. The smallest absolute Gasteiger partial charge is 0.163 e. The molecule has 86 valence electrons. The van der Waals surface area contributed by atoms with Crippen molar-refractivity contribution in [1.82, 2.24) is 0 Å². The van der Waals surface area contributed by atoms with Crippen LogP contribution in [0.5, 0.6) is 5.75 Å². The van der Waals surface area contributed by atoms with Crippen LogP contribution in [-0.2, 0) is 9.84 Å². The van der Waals surface area contributed by atoms with E-state index in [4.69, 9.17) is 10.00 Å². The van der Waals surface area contributed by atoms with Crippen molar-refractivity contribution in [3.63, 3.8) is 0 Å². The summed E-state index contributed by atoms with van der Waals surface area (Å²) in [6.07, 6.45) is 0.402. The van der Waals surface area contributed by atoms with Crippen molar-refractivity contribution in [3.05, 3.63) is 30.3 Å². The van der Waals surface area contributed by atoms with Crippen molar-refractivity contribution in [2.45, 2.75) is 6.42 Å². The van der Waals surface area contributed by atoms with Crippen molar-refractivity contribution in [2.24, 2.45) is 0 Å². The molecule has 0 spiro atoms. The molecule has 4 nitrogen and oxygen atoms in total. The molecule has 16 heavy (non-hydrogen) atoms. The van der Waals surface area contributed by atoms with Crippen molar-refractivity contribution in [1.29, 1.82) is 5.26 Å². The quantitative estimate of drug-likeness (QED) is 0.704. The highest BCUT2D eigenvalue weighted by atomic mass is 32.2. The molecule has 0 atom stereocenters. The molecule has 0 radical (unpaired) electrons. The lowest BCUT2D eigenvalue weighted by Gasteiger charge is -2.05. The van der Waals surface area contributed by atoms with Gasteiger partial charge in [0.15, 0.2) is 9.84 Å². The molecule has 0 N–H and O–H groups in total. The van der Waals surface area contributed by atoms with Gasteiger partial charge in [0.25, 0.3) is 0 Å². The van der Waals surface area contributed by atoms with Crippen LogP contribution in [0.25, 0.3) is 0 Å². The summed E-state index contributed by atoms with van der Waals surface area (Å²) in [5, 5.41) is 8.28. The van der Waals surface area contributed by atoms with Crippen LogP contribution in [0.2, 0.25) is 0 Å². The Balaban J connectivity index is 2.26. The van der Waals surface area contributed by atoms with E-state index >= 15 is 0 Å². The molecule has 0 heterocycles. The highest BCUT2D eigenvalue weighted by Gasteiger charge is 2.09. The summed E-state index contributed by atoms with van der Waals surface area (Å²) in [7, 11) is -3.23. The van der Waals surface area contributed by atoms with Crippen LogP contribution in [0, 0.1) is 11.3 Å². The minimum absolute atomic E-state index is 0.00655. The van der Waals surface area contributed by atoms with E-state index in [1.165, 1.54) is 0 Å². The van der Waals surface area contributed by atoms with Crippen LogP contribution >= 0.6 is 0 Å². The van der Waals surface area contributed by atoms with Gasteiger partial charge < -0.3 is 4.74 Å². The maximum atomic E-state index is 11.2. The molecule has 0 aromatic heterocycles. The average molecular weight is 239 g/mol. The van der Waals surface area contributed by atoms with Crippen molar-refractivity contribution in [2.75, 3.05) is 18.1 Å². The molecule has 0 aliphatic heterocycles. The Morgan fingerprint density at radius 1 is 1.25 bits per heavy atom. The minimum Gasteiger partial charge on any atom is -0.494 e. The predicted octanol–water partition coefficient (Wildman–Crippen LogP) is 1.39. The first-order valence-electron chi connectivity index (χ1n) is 4.89. The van der Waals surface area contributed by atoms with Gasteiger partial charge in [0.05, 0.1) is 18.4 Å². The van der Waals surface area contributed by atoms with E-state index in [1.54, 1.807) is 6.07 Å². The number of ether oxygens (including phenoxy) is 1. The number of hydrogen-bond acceptors (Lipinski definition) is 4. The fourth-order valence-electron chi connectivity index (χ4n) is 1.16. The van der Waals surface area contributed by atoms with E-state index in [0.29, 0.717) is 13.0 Å². The Bertz CT molecular complexity index is 448.